The molecule has 1 N–H and O–H groups in total. The molecule has 1 aliphatic rings. The van der Waals surface area contributed by atoms with Crippen LogP contribution in [0.2, 0.25) is 0 Å². The van der Waals surface area contributed by atoms with Gasteiger partial charge < -0.3 is 10.1 Å². The molecule has 1 saturated carbocycles. The second-order valence-electron chi connectivity index (χ2n) is 4.63. The zero-order valence-electron chi connectivity index (χ0n) is 10.5. The Labute approximate surface area is 106 Å². The monoisotopic (exact) mass is 251 g/mol. The van der Waals surface area contributed by atoms with Crippen LogP contribution < -0.4 is 5.32 Å². The summed E-state index contributed by atoms with van der Waals surface area (Å²) in [4.78, 5) is 11.5. The standard InChI is InChI=1S/C14H18FNO2/c1-18-14(17)13(11-6-7-11)16-9-8-10-4-2-3-5-12(10)15/h2-5,11,13,16H,6-9H2,1H3. The van der Waals surface area contributed by atoms with Gasteiger partial charge in [0, 0.05) is 6.54 Å². The maximum absolute atomic E-state index is 13.4. The molecule has 1 aromatic carbocycles. The number of carbonyl (C=O) groups excluding carboxylic acids is 1. The minimum Gasteiger partial charge on any atom is -0.468 e. The van der Waals surface area contributed by atoms with Gasteiger partial charge in [-0.15, -0.1) is 0 Å². The Morgan fingerprint density at radius 3 is 2.83 bits per heavy atom. The number of benzene rings is 1. The van der Waals surface area contributed by atoms with Gasteiger partial charge in [0.1, 0.15) is 11.9 Å². The Hall–Kier alpha value is -1.42. The van der Waals surface area contributed by atoms with Gasteiger partial charge in [-0.05, 0) is 36.8 Å². The van der Waals surface area contributed by atoms with E-state index < -0.39 is 0 Å². The summed E-state index contributed by atoms with van der Waals surface area (Å²) in [6.45, 7) is 0.581. The molecule has 0 heterocycles. The predicted molar refractivity (Wildman–Crippen MR) is 66.6 cm³/mol. The first-order valence-electron chi connectivity index (χ1n) is 6.27. The highest BCUT2D eigenvalue weighted by atomic mass is 19.1. The highest BCUT2D eigenvalue weighted by Gasteiger charge is 2.36. The number of nitrogens with one attached hydrogen (secondary N) is 1. The van der Waals surface area contributed by atoms with Gasteiger partial charge >= 0.3 is 5.97 Å². The third-order valence-electron chi connectivity index (χ3n) is 3.26. The molecule has 2 rings (SSSR count). The van der Waals surface area contributed by atoms with Crippen molar-refractivity contribution < 1.29 is 13.9 Å². The fourth-order valence-electron chi connectivity index (χ4n) is 2.06. The Morgan fingerprint density at radius 1 is 1.50 bits per heavy atom. The fraction of sp³-hybridized carbons (Fsp3) is 0.500. The Balaban J connectivity index is 1.83. The minimum absolute atomic E-state index is 0.194. The SMILES string of the molecule is COC(=O)C(NCCc1ccccc1F)C1CC1. The first-order chi connectivity index (χ1) is 8.72. The van der Waals surface area contributed by atoms with Crippen molar-refractivity contribution in [3.63, 3.8) is 0 Å². The van der Waals surface area contributed by atoms with Gasteiger partial charge in [-0.3, -0.25) is 4.79 Å². The first-order valence-corrected chi connectivity index (χ1v) is 6.27. The van der Waals surface area contributed by atoms with E-state index in [-0.39, 0.29) is 17.8 Å². The van der Waals surface area contributed by atoms with Crippen molar-refractivity contribution in [2.75, 3.05) is 13.7 Å². The highest BCUT2D eigenvalue weighted by Crippen LogP contribution is 2.33. The molecule has 1 unspecified atom stereocenters. The largest absolute Gasteiger partial charge is 0.468 e. The van der Waals surface area contributed by atoms with Crippen LogP contribution in [0.3, 0.4) is 0 Å². The van der Waals surface area contributed by atoms with Crippen LogP contribution in [-0.4, -0.2) is 25.7 Å². The topological polar surface area (TPSA) is 38.3 Å². The van der Waals surface area contributed by atoms with Crippen LogP contribution in [0.5, 0.6) is 0 Å². The Bertz CT molecular complexity index is 418. The van der Waals surface area contributed by atoms with Crippen molar-refractivity contribution in [3.8, 4) is 0 Å². The maximum Gasteiger partial charge on any atom is 0.323 e. The molecule has 1 atom stereocenters. The summed E-state index contributed by atoms with van der Waals surface area (Å²) in [6.07, 6.45) is 2.70. The molecule has 98 valence electrons. The van der Waals surface area contributed by atoms with Gasteiger partial charge in [-0.2, -0.15) is 0 Å². The van der Waals surface area contributed by atoms with Gasteiger partial charge in [-0.25, -0.2) is 4.39 Å². The summed E-state index contributed by atoms with van der Waals surface area (Å²) >= 11 is 0. The van der Waals surface area contributed by atoms with E-state index in [2.05, 4.69) is 5.32 Å². The minimum atomic E-state index is -0.234. The van der Waals surface area contributed by atoms with E-state index >= 15 is 0 Å². The van der Waals surface area contributed by atoms with Gasteiger partial charge in [0.25, 0.3) is 0 Å². The highest BCUT2D eigenvalue weighted by molar-refractivity contribution is 5.76. The van der Waals surface area contributed by atoms with Gasteiger partial charge in [-0.1, -0.05) is 18.2 Å². The normalized spacial score (nSPS) is 16.3. The van der Waals surface area contributed by atoms with Gasteiger partial charge in [0.05, 0.1) is 7.11 Å². The van der Waals surface area contributed by atoms with Crippen molar-refractivity contribution in [1.29, 1.82) is 0 Å². The molecule has 3 nitrogen and oxygen atoms in total. The molecule has 0 spiro atoms. The fourth-order valence-corrected chi connectivity index (χ4v) is 2.06. The first kappa shape index (κ1) is 13.0. The number of carbonyl (C=O) groups is 1. The zero-order valence-corrected chi connectivity index (χ0v) is 10.5. The summed E-state index contributed by atoms with van der Waals surface area (Å²) < 4.78 is 18.2. The van der Waals surface area contributed by atoms with Gasteiger partial charge in [0.15, 0.2) is 0 Å². The summed E-state index contributed by atoms with van der Waals surface area (Å²) in [6, 6.07) is 6.47. The molecule has 1 fully saturated rings. The maximum atomic E-state index is 13.4. The average molecular weight is 251 g/mol. The van der Waals surface area contributed by atoms with Gasteiger partial charge in [0.2, 0.25) is 0 Å². The second kappa shape index (κ2) is 5.96. The van der Waals surface area contributed by atoms with Crippen molar-refractivity contribution in [3.05, 3.63) is 35.6 Å². The lowest BCUT2D eigenvalue weighted by Crippen LogP contribution is -2.40. The van der Waals surface area contributed by atoms with E-state index in [1.54, 1.807) is 12.1 Å². The second-order valence-corrected chi connectivity index (χ2v) is 4.63. The molecular weight excluding hydrogens is 233 g/mol. The summed E-state index contributed by atoms with van der Waals surface area (Å²) in [7, 11) is 1.40. The van der Waals surface area contributed by atoms with E-state index in [1.807, 2.05) is 6.07 Å². The lowest BCUT2D eigenvalue weighted by molar-refractivity contribution is -0.143. The van der Waals surface area contributed by atoms with E-state index in [0.29, 0.717) is 24.4 Å². The Kier molecular flexibility index (Phi) is 4.31. The number of rotatable bonds is 6. The van der Waals surface area contributed by atoms with E-state index in [1.165, 1.54) is 13.2 Å². The lowest BCUT2D eigenvalue weighted by atomic mass is 10.1. The van der Waals surface area contributed by atoms with Crippen molar-refractivity contribution in [2.24, 2.45) is 5.92 Å². The number of ether oxygens (including phenoxy) is 1. The number of hydrogen-bond acceptors (Lipinski definition) is 3. The third-order valence-corrected chi connectivity index (χ3v) is 3.26. The molecule has 4 heteroatoms. The van der Waals surface area contributed by atoms with E-state index in [0.717, 1.165) is 12.8 Å². The van der Waals surface area contributed by atoms with Crippen LogP contribution in [0.4, 0.5) is 4.39 Å². The average Bonchev–Trinajstić information content (AvgIpc) is 3.20. The Morgan fingerprint density at radius 2 is 2.22 bits per heavy atom. The van der Waals surface area contributed by atoms with Crippen LogP contribution in [0.15, 0.2) is 24.3 Å². The zero-order chi connectivity index (χ0) is 13.0. The van der Waals surface area contributed by atoms with Crippen molar-refractivity contribution in [2.45, 2.75) is 25.3 Å². The lowest BCUT2D eigenvalue weighted by Gasteiger charge is -2.15. The number of esters is 1. The van der Waals surface area contributed by atoms with Crippen LogP contribution in [0, 0.1) is 11.7 Å². The molecule has 0 aliphatic heterocycles. The molecule has 0 bridgehead atoms. The van der Waals surface area contributed by atoms with Crippen LogP contribution in [0.1, 0.15) is 18.4 Å². The van der Waals surface area contributed by atoms with Crippen LogP contribution >= 0.6 is 0 Å². The predicted octanol–water partition coefficient (Wildman–Crippen LogP) is 1.91. The molecule has 0 saturated heterocycles. The molecule has 1 aromatic rings. The quantitative estimate of drug-likeness (QED) is 0.785. The molecule has 0 amide bonds. The van der Waals surface area contributed by atoms with Crippen LogP contribution in [0.25, 0.3) is 0 Å². The van der Waals surface area contributed by atoms with Crippen molar-refractivity contribution in [1.82, 2.24) is 5.32 Å². The molecular formula is C14H18FNO2. The smallest absolute Gasteiger partial charge is 0.323 e. The van der Waals surface area contributed by atoms with Crippen LogP contribution in [-0.2, 0) is 16.0 Å². The van der Waals surface area contributed by atoms with Crippen molar-refractivity contribution >= 4 is 5.97 Å². The third kappa shape index (κ3) is 3.29. The molecule has 18 heavy (non-hydrogen) atoms. The summed E-state index contributed by atoms with van der Waals surface area (Å²) in [5, 5.41) is 3.17. The number of halogens is 1. The molecule has 1 aliphatic carbocycles. The van der Waals surface area contributed by atoms with E-state index in [9.17, 15) is 9.18 Å². The molecule has 0 radical (unpaired) electrons. The summed E-state index contributed by atoms with van der Waals surface area (Å²) in [5.41, 5.74) is 0.671. The summed E-state index contributed by atoms with van der Waals surface area (Å²) in [5.74, 6) is -0.0237. The number of hydrogen-bond donors (Lipinski definition) is 1. The molecule has 0 aromatic heterocycles. The number of methoxy groups -OCH3 is 1. The van der Waals surface area contributed by atoms with E-state index in [4.69, 9.17) is 4.74 Å².